The molecule has 4 nitrogen and oxygen atoms in total. The van der Waals surface area contributed by atoms with Crippen molar-refractivity contribution in [2.45, 2.75) is 31.4 Å². The molecule has 1 aromatic rings. The first kappa shape index (κ1) is 13.3. The molecular weight excluding hydrogens is 226 g/mol. The van der Waals surface area contributed by atoms with Crippen LogP contribution >= 0.6 is 0 Å². The summed E-state index contributed by atoms with van der Waals surface area (Å²) in [5.41, 5.74) is 2.27. The number of hydrogen-bond donors (Lipinski definition) is 1. The van der Waals surface area contributed by atoms with Gasteiger partial charge in [0.15, 0.2) is 0 Å². The molecule has 100 valence electrons. The van der Waals surface area contributed by atoms with Gasteiger partial charge in [-0.25, -0.2) is 0 Å². The summed E-state index contributed by atoms with van der Waals surface area (Å²) in [5.74, 6) is 0. The smallest absolute Gasteiger partial charge is 0.0703 e. The first-order chi connectivity index (χ1) is 8.59. The molecule has 0 aliphatic heterocycles. The maximum Gasteiger partial charge on any atom is 0.0703 e. The number of aliphatic hydroxyl groups is 1. The van der Waals surface area contributed by atoms with Crippen LogP contribution in [0.3, 0.4) is 0 Å². The fourth-order valence-electron chi connectivity index (χ4n) is 2.75. The summed E-state index contributed by atoms with van der Waals surface area (Å²) < 4.78 is 0. The van der Waals surface area contributed by atoms with Gasteiger partial charge in [0.25, 0.3) is 0 Å². The Kier molecular flexibility index (Phi) is 3.88. The third-order valence-electron chi connectivity index (χ3n) is 4.23. The van der Waals surface area contributed by atoms with E-state index < -0.39 is 0 Å². The second-order valence-electron chi connectivity index (χ2n) is 5.49. The number of nitrogens with zero attached hydrogens (tertiary/aromatic N) is 3. The van der Waals surface area contributed by atoms with Gasteiger partial charge in [0, 0.05) is 30.9 Å². The Hall–Kier alpha value is -1.13. The van der Waals surface area contributed by atoms with Gasteiger partial charge in [0.05, 0.1) is 18.5 Å². The van der Waals surface area contributed by atoms with Crippen LogP contribution in [-0.4, -0.2) is 48.2 Å². The van der Waals surface area contributed by atoms with Crippen LogP contribution in [0.2, 0.25) is 0 Å². The van der Waals surface area contributed by atoms with E-state index in [1.807, 2.05) is 12.3 Å². The quantitative estimate of drug-likeness (QED) is 0.858. The van der Waals surface area contributed by atoms with Gasteiger partial charge < -0.3 is 14.9 Å². The lowest BCUT2D eigenvalue weighted by Crippen LogP contribution is -2.56. The van der Waals surface area contributed by atoms with E-state index in [0.29, 0.717) is 0 Å². The lowest BCUT2D eigenvalue weighted by Gasteiger charge is -2.49. The highest BCUT2D eigenvalue weighted by Gasteiger charge is 2.40. The molecule has 2 rings (SSSR count). The second kappa shape index (κ2) is 5.24. The normalized spacial score (nSPS) is 17.6. The molecular formula is C14H23N3O. The Labute approximate surface area is 109 Å². The molecule has 0 amide bonds. The highest BCUT2D eigenvalue weighted by Crippen LogP contribution is 2.37. The molecule has 1 aliphatic rings. The molecule has 18 heavy (non-hydrogen) atoms. The fraction of sp³-hybridized carbons (Fsp3) is 0.643. The van der Waals surface area contributed by atoms with E-state index in [0.717, 1.165) is 17.8 Å². The maximum atomic E-state index is 9.38. The minimum absolute atomic E-state index is 0.0666. The Bertz CT molecular complexity index is 402. The zero-order chi connectivity index (χ0) is 13.2. The van der Waals surface area contributed by atoms with Crippen LogP contribution in [-0.2, 0) is 6.61 Å². The summed E-state index contributed by atoms with van der Waals surface area (Å²) in [7, 11) is 6.39. The molecule has 1 fully saturated rings. The molecule has 0 radical (unpaired) electrons. The van der Waals surface area contributed by atoms with E-state index in [-0.39, 0.29) is 12.1 Å². The monoisotopic (exact) mass is 249 g/mol. The minimum Gasteiger partial charge on any atom is -0.392 e. The summed E-state index contributed by atoms with van der Waals surface area (Å²) in [6, 6.07) is 1.88. The first-order valence-corrected chi connectivity index (χ1v) is 6.51. The maximum absolute atomic E-state index is 9.38. The zero-order valence-electron chi connectivity index (χ0n) is 11.6. The van der Waals surface area contributed by atoms with Gasteiger partial charge in [-0.3, -0.25) is 4.98 Å². The van der Waals surface area contributed by atoms with Gasteiger partial charge >= 0.3 is 0 Å². The zero-order valence-corrected chi connectivity index (χ0v) is 11.6. The van der Waals surface area contributed by atoms with Crippen LogP contribution in [0, 0.1) is 0 Å². The predicted octanol–water partition coefficient (Wildman–Crippen LogP) is 1.49. The molecule has 1 N–H and O–H groups in total. The third kappa shape index (κ3) is 2.35. The Morgan fingerprint density at radius 2 is 2.06 bits per heavy atom. The number of pyridine rings is 1. The summed E-state index contributed by atoms with van der Waals surface area (Å²) in [5, 5.41) is 9.38. The van der Waals surface area contributed by atoms with E-state index in [1.165, 1.54) is 19.3 Å². The van der Waals surface area contributed by atoms with Gasteiger partial charge in [0.1, 0.15) is 0 Å². The van der Waals surface area contributed by atoms with E-state index in [1.54, 1.807) is 6.20 Å². The second-order valence-corrected chi connectivity index (χ2v) is 5.49. The van der Waals surface area contributed by atoms with Crippen molar-refractivity contribution in [3.8, 4) is 0 Å². The number of rotatable bonds is 5. The molecule has 1 heterocycles. The van der Waals surface area contributed by atoms with E-state index >= 15 is 0 Å². The summed E-state index contributed by atoms with van der Waals surface area (Å²) in [6.45, 7) is 1.05. The van der Waals surface area contributed by atoms with E-state index in [2.05, 4.69) is 35.9 Å². The van der Waals surface area contributed by atoms with Crippen LogP contribution in [0.1, 0.15) is 24.8 Å². The summed E-state index contributed by atoms with van der Waals surface area (Å²) in [6.07, 6.45) is 7.38. The average molecular weight is 249 g/mol. The number of likely N-dealkylation sites (N-methyl/N-ethyl adjacent to an activating group) is 2. The van der Waals surface area contributed by atoms with Crippen LogP contribution in [0.4, 0.5) is 5.69 Å². The molecule has 1 saturated carbocycles. The van der Waals surface area contributed by atoms with Crippen molar-refractivity contribution in [3.63, 3.8) is 0 Å². The lowest BCUT2D eigenvalue weighted by atomic mass is 9.75. The Balaban J connectivity index is 2.14. The SMILES string of the molecule is CN(CC1(N(C)C)CCC1)c1cnccc1CO. The fourth-order valence-corrected chi connectivity index (χ4v) is 2.75. The van der Waals surface area contributed by atoms with Gasteiger partial charge in [-0.15, -0.1) is 0 Å². The molecule has 0 aromatic carbocycles. The van der Waals surface area contributed by atoms with Crippen LogP contribution in [0.25, 0.3) is 0 Å². The molecule has 0 spiro atoms. The molecule has 0 unspecified atom stereocenters. The molecule has 4 heteroatoms. The van der Waals surface area contributed by atoms with Crippen molar-refractivity contribution in [2.75, 3.05) is 32.6 Å². The predicted molar refractivity (Wildman–Crippen MR) is 73.7 cm³/mol. The molecule has 0 atom stereocenters. The third-order valence-corrected chi connectivity index (χ3v) is 4.23. The summed E-state index contributed by atoms with van der Waals surface area (Å²) in [4.78, 5) is 8.72. The van der Waals surface area contributed by atoms with Crippen LogP contribution in [0.15, 0.2) is 18.5 Å². The number of hydrogen-bond acceptors (Lipinski definition) is 4. The Morgan fingerprint density at radius 3 is 2.56 bits per heavy atom. The minimum atomic E-state index is 0.0666. The van der Waals surface area contributed by atoms with Crippen LogP contribution < -0.4 is 4.90 Å². The van der Waals surface area contributed by atoms with Crippen molar-refractivity contribution in [2.24, 2.45) is 0 Å². The van der Waals surface area contributed by atoms with Crippen molar-refractivity contribution < 1.29 is 5.11 Å². The molecule has 1 aromatic heterocycles. The van der Waals surface area contributed by atoms with Gasteiger partial charge in [-0.2, -0.15) is 0 Å². The Morgan fingerprint density at radius 1 is 1.33 bits per heavy atom. The molecule has 0 bridgehead atoms. The van der Waals surface area contributed by atoms with Gasteiger partial charge in [-0.1, -0.05) is 0 Å². The van der Waals surface area contributed by atoms with Gasteiger partial charge in [-0.05, 0) is 39.4 Å². The van der Waals surface area contributed by atoms with E-state index in [9.17, 15) is 5.11 Å². The summed E-state index contributed by atoms with van der Waals surface area (Å²) >= 11 is 0. The topological polar surface area (TPSA) is 39.6 Å². The molecule has 0 saturated heterocycles. The average Bonchev–Trinajstić information content (AvgIpc) is 2.33. The number of aromatic nitrogens is 1. The highest BCUT2D eigenvalue weighted by molar-refractivity contribution is 5.51. The van der Waals surface area contributed by atoms with Crippen molar-refractivity contribution in [1.29, 1.82) is 0 Å². The highest BCUT2D eigenvalue weighted by atomic mass is 16.3. The van der Waals surface area contributed by atoms with Crippen molar-refractivity contribution >= 4 is 5.69 Å². The van der Waals surface area contributed by atoms with Crippen molar-refractivity contribution in [1.82, 2.24) is 9.88 Å². The van der Waals surface area contributed by atoms with Gasteiger partial charge in [0.2, 0.25) is 0 Å². The largest absolute Gasteiger partial charge is 0.392 e. The van der Waals surface area contributed by atoms with E-state index in [4.69, 9.17) is 0 Å². The lowest BCUT2D eigenvalue weighted by molar-refractivity contribution is 0.0682. The first-order valence-electron chi connectivity index (χ1n) is 6.51. The number of aliphatic hydroxyl groups excluding tert-OH is 1. The molecule has 1 aliphatic carbocycles. The van der Waals surface area contributed by atoms with Crippen molar-refractivity contribution in [3.05, 3.63) is 24.0 Å². The number of anilines is 1. The van der Waals surface area contributed by atoms with Crippen LogP contribution in [0.5, 0.6) is 0 Å². The standard InChI is InChI=1S/C14H23N3O/c1-16(2)14(6-4-7-14)11-17(3)13-9-15-8-5-12(13)10-18/h5,8-9,18H,4,6-7,10-11H2,1-3H3.